The summed E-state index contributed by atoms with van der Waals surface area (Å²) in [5.41, 5.74) is 5.55. The molecule has 6 nitrogen and oxygen atoms in total. The third-order valence-corrected chi connectivity index (χ3v) is 6.19. The molecule has 34 heavy (non-hydrogen) atoms. The lowest BCUT2D eigenvalue weighted by Gasteiger charge is -2.35. The van der Waals surface area contributed by atoms with E-state index in [2.05, 4.69) is 15.2 Å². The number of carbonyl (C=O) groups is 2. The highest BCUT2D eigenvalue weighted by atomic mass is 19.1. The molecule has 0 radical (unpaired) electrons. The number of nitrogens with zero attached hydrogens (tertiary/aromatic N) is 3. The first-order valence-electron chi connectivity index (χ1n) is 11.4. The van der Waals surface area contributed by atoms with Gasteiger partial charge in [0.1, 0.15) is 5.82 Å². The maximum atomic E-state index is 14.8. The number of pyridine rings is 1. The van der Waals surface area contributed by atoms with E-state index < -0.39 is 5.82 Å². The summed E-state index contributed by atoms with van der Waals surface area (Å²) in [7, 11) is 0. The van der Waals surface area contributed by atoms with Gasteiger partial charge in [0.25, 0.3) is 0 Å². The molecule has 0 spiro atoms. The minimum atomic E-state index is -0.398. The number of hydrogen-bond acceptors (Lipinski definition) is 4. The maximum absolute atomic E-state index is 14.8. The van der Waals surface area contributed by atoms with E-state index in [1.807, 2.05) is 55.1 Å². The zero-order valence-electron chi connectivity index (χ0n) is 19.8. The molecule has 2 amide bonds. The average Bonchev–Trinajstić information content (AvgIpc) is 2.82. The standard InChI is InChI=1S/C27H29FN4O2/c1-18-14-22(26(28)17-25(18)21-8-9-29-19(2)15-21)16-27(34)30-23-4-6-24(7-5-23)32-12-10-31(11-13-32)20(3)33/h4-9,14-15,17H,10-13,16H2,1-3H3,(H,30,34). The minimum absolute atomic E-state index is 0.0446. The average molecular weight is 461 g/mol. The summed E-state index contributed by atoms with van der Waals surface area (Å²) in [6.45, 7) is 8.38. The summed E-state index contributed by atoms with van der Waals surface area (Å²) in [4.78, 5) is 32.3. The normalized spacial score (nSPS) is 13.6. The lowest BCUT2D eigenvalue weighted by atomic mass is 9.97. The van der Waals surface area contributed by atoms with Gasteiger partial charge < -0.3 is 15.1 Å². The zero-order valence-corrected chi connectivity index (χ0v) is 19.8. The fourth-order valence-corrected chi connectivity index (χ4v) is 4.31. The smallest absolute Gasteiger partial charge is 0.228 e. The molecule has 0 unspecified atom stereocenters. The Bertz CT molecular complexity index is 1200. The van der Waals surface area contributed by atoms with Gasteiger partial charge in [-0.3, -0.25) is 14.6 Å². The molecule has 0 saturated carbocycles. The first kappa shape index (κ1) is 23.4. The van der Waals surface area contributed by atoms with E-state index in [-0.39, 0.29) is 18.2 Å². The number of halogens is 1. The monoisotopic (exact) mass is 460 g/mol. The predicted molar refractivity (Wildman–Crippen MR) is 132 cm³/mol. The van der Waals surface area contributed by atoms with Crippen LogP contribution >= 0.6 is 0 Å². The van der Waals surface area contributed by atoms with Crippen molar-refractivity contribution in [3.05, 3.63) is 77.4 Å². The lowest BCUT2D eigenvalue weighted by Crippen LogP contribution is -2.48. The number of rotatable bonds is 5. The summed E-state index contributed by atoms with van der Waals surface area (Å²) in [5.74, 6) is -0.565. The van der Waals surface area contributed by atoms with Crippen LogP contribution in [0.25, 0.3) is 11.1 Å². The number of piperazine rings is 1. The van der Waals surface area contributed by atoms with Crippen LogP contribution in [0.5, 0.6) is 0 Å². The van der Waals surface area contributed by atoms with Crippen molar-refractivity contribution in [3.63, 3.8) is 0 Å². The molecule has 1 aliphatic heterocycles. The van der Waals surface area contributed by atoms with E-state index in [9.17, 15) is 14.0 Å². The molecule has 2 heterocycles. The molecule has 0 atom stereocenters. The number of carbonyl (C=O) groups excluding carboxylic acids is 2. The topological polar surface area (TPSA) is 65.5 Å². The summed E-state index contributed by atoms with van der Waals surface area (Å²) >= 11 is 0. The third kappa shape index (κ3) is 5.42. The van der Waals surface area contributed by atoms with Crippen molar-refractivity contribution >= 4 is 23.2 Å². The number of hydrogen-bond donors (Lipinski definition) is 1. The number of aromatic nitrogens is 1. The Kier molecular flexibility index (Phi) is 6.91. The molecule has 7 heteroatoms. The molecule has 4 rings (SSSR count). The Labute approximate surface area is 199 Å². The Morgan fingerprint density at radius 3 is 2.35 bits per heavy atom. The molecule has 0 aliphatic carbocycles. The minimum Gasteiger partial charge on any atom is -0.368 e. The van der Waals surface area contributed by atoms with Crippen molar-refractivity contribution in [2.24, 2.45) is 0 Å². The van der Waals surface area contributed by atoms with Gasteiger partial charge in [-0.1, -0.05) is 6.07 Å². The summed E-state index contributed by atoms with van der Waals surface area (Å²) in [5, 5.41) is 2.86. The Balaban J connectivity index is 1.38. The summed E-state index contributed by atoms with van der Waals surface area (Å²) in [6.07, 6.45) is 1.66. The second-order valence-corrected chi connectivity index (χ2v) is 8.71. The van der Waals surface area contributed by atoms with Gasteiger partial charge in [-0.15, -0.1) is 0 Å². The second kappa shape index (κ2) is 10.0. The van der Waals surface area contributed by atoms with Gasteiger partial charge in [-0.2, -0.15) is 0 Å². The fourth-order valence-electron chi connectivity index (χ4n) is 4.31. The molecule has 1 N–H and O–H groups in total. The fraction of sp³-hybridized carbons (Fsp3) is 0.296. The Morgan fingerprint density at radius 2 is 1.71 bits per heavy atom. The van der Waals surface area contributed by atoms with Gasteiger partial charge >= 0.3 is 0 Å². The first-order valence-corrected chi connectivity index (χ1v) is 11.4. The van der Waals surface area contributed by atoms with Crippen molar-refractivity contribution in [1.29, 1.82) is 0 Å². The van der Waals surface area contributed by atoms with E-state index in [0.29, 0.717) is 24.3 Å². The van der Waals surface area contributed by atoms with E-state index in [0.717, 1.165) is 41.2 Å². The van der Waals surface area contributed by atoms with Gasteiger partial charge in [0.05, 0.1) is 6.42 Å². The van der Waals surface area contributed by atoms with Crippen LogP contribution in [0.1, 0.15) is 23.7 Å². The van der Waals surface area contributed by atoms with Crippen molar-refractivity contribution < 1.29 is 14.0 Å². The Hall–Kier alpha value is -3.74. The van der Waals surface area contributed by atoms with Crippen molar-refractivity contribution in [3.8, 4) is 11.1 Å². The number of benzene rings is 2. The largest absolute Gasteiger partial charge is 0.368 e. The van der Waals surface area contributed by atoms with Gasteiger partial charge in [0.15, 0.2) is 0 Å². The van der Waals surface area contributed by atoms with Crippen molar-refractivity contribution in [1.82, 2.24) is 9.88 Å². The highest BCUT2D eigenvalue weighted by molar-refractivity contribution is 5.92. The van der Waals surface area contributed by atoms with Crippen LogP contribution in [0, 0.1) is 19.7 Å². The molecular weight excluding hydrogens is 431 g/mol. The van der Waals surface area contributed by atoms with Gasteiger partial charge in [-0.05, 0) is 78.6 Å². The van der Waals surface area contributed by atoms with Crippen LogP contribution in [0.2, 0.25) is 0 Å². The van der Waals surface area contributed by atoms with Crippen molar-refractivity contribution in [2.45, 2.75) is 27.2 Å². The zero-order chi connectivity index (χ0) is 24.2. The summed E-state index contributed by atoms with van der Waals surface area (Å²) < 4.78 is 14.8. The molecule has 176 valence electrons. The van der Waals surface area contributed by atoms with E-state index in [1.54, 1.807) is 19.2 Å². The van der Waals surface area contributed by atoms with Crippen LogP contribution < -0.4 is 10.2 Å². The van der Waals surface area contributed by atoms with Crippen LogP contribution in [0.4, 0.5) is 15.8 Å². The van der Waals surface area contributed by atoms with E-state index >= 15 is 0 Å². The van der Waals surface area contributed by atoms with E-state index in [1.165, 1.54) is 6.07 Å². The quantitative estimate of drug-likeness (QED) is 0.615. The maximum Gasteiger partial charge on any atom is 0.228 e. The number of amides is 2. The Morgan fingerprint density at radius 1 is 1.00 bits per heavy atom. The number of nitrogens with one attached hydrogen (secondary N) is 1. The highest BCUT2D eigenvalue weighted by Crippen LogP contribution is 2.27. The van der Waals surface area contributed by atoms with Gasteiger partial charge in [-0.25, -0.2) is 4.39 Å². The molecule has 3 aromatic rings. The third-order valence-electron chi connectivity index (χ3n) is 6.19. The van der Waals surface area contributed by atoms with Crippen molar-refractivity contribution in [2.75, 3.05) is 36.4 Å². The molecule has 1 aromatic heterocycles. The number of anilines is 2. The molecule has 2 aromatic carbocycles. The summed E-state index contributed by atoms with van der Waals surface area (Å²) in [6, 6.07) is 14.6. The van der Waals surface area contributed by atoms with Crippen LogP contribution in [-0.4, -0.2) is 47.9 Å². The van der Waals surface area contributed by atoms with Crippen LogP contribution in [-0.2, 0) is 16.0 Å². The molecule has 1 saturated heterocycles. The second-order valence-electron chi connectivity index (χ2n) is 8.71. The lowest BCUT2D eigenvalue weighted by molar-refractivity contribution is -0.129. The predicted octanol–water partition coefficient (Wildman–Crippen LogP) is 4.35. The molecular formula is C27H29FN4O2. The SMILES string of the molecule is CC(=O)N1CCN(c2ccc(NC(=O)Cc3cc(C)c(-c4ccnc(C)c4)cc3F)cc2)CC1. The van der Waals surface area contributed by atoms with Crippen LogP contribution in [0.15, 0.2) is 54.7 Å². The molecule has 1 aliphatic rings. The van der Waals surface area contributed by atoms with Gasteiger partial charge in [0, 0.05) is 56.4 Å². The van der Waals surface area contributed by atoms with Crippen LogP contribution in [0.3, 0.4) is 0 Å². The molecule has 0 bridgehead atoms. The number of aryl methyl sites for hydroxylation is 2. The highest BCUT2D eigenvalue weighted by Gasteiger charge is 2.19. The van der Waals surface area contributed by atoms with Gasteiger partial charge in [0.2, 0.25) is 11.8 Å². The molecule has 1 fully saturated rings. The first-order chi connectivity index (χ1) is 16.3. The van der Waals surface area contributed by atoms with E-state index in [4.69, 9.17) is 0 Å².